The standard InChI is InChI=1S/C18H16ClNO3/c1-12(21)14-7-8-15(19)16(11-14)20-18(23)10-9-17(22)13-5-3-2-4-6-13/h2-8,11H,9-10H2,1H3,(H,20,23). The van der Waals surface area contributed by atoms with Crippen LogP contribution in [0.4, 0.5) is 5.69 Å². The largest absolute Gasteiger partial charge is 0.325 e. The minimum absolute atomic E-state index is 0.0500. The molecule has 2 aromatic rings. The summed E-state index contributed by atoms with van der Waals surface area (Å²) in [5.41, 5.74) is 1.42. The summed E-state index contributed by atoms with van der Waals surface area (Å²) >= 11 is 6.01. The summed E-state index contributed by atoms with van der Waals surface area (Å²) in [6.07, 6.45) is 0.161. The number of ketones is 2. The van der Waals surface area contributed by atoms with Gasteiger partial charge in [0.15, 0.2) is 11.6 Å². The molecule has 5 heteroatoms. The smallest absolute Gasteiger partial charge is 0.224 e. The van der Waals surface area contributed by atoms with E-state index in [9.17, 15) is 14.4 Å². The van der Waals surface area contributed by atoms with Gasteiger partial charge in [-0.05, 0) is 25.1 Å². The number of carbonyl (C=O) groups is 3. The van der Waals surface area contributed by atoms with Gasteiger partial charge in [0.25, 0.3) is 0 Å². The van der Waals surface area contributed by atoms with Crippen LogP contribution in [0.1, 0.15) is 40.5 Å². The summed E-state index contributed by atoms with van der Waals surface area (Å²) in [6.45, 7) is 1.44. The van der Waals surface area contributed by atoms with Crippen molar-refractivity contribution in [2.45, 2.75) is 19.8 Å². The van der Waals surface area contributed by atoms with Gasteiger partial charge in [0, 0.05) is 24.0 Å². The number of nitrogens with one attached hydrogen (secondary N) is 1. The summed E-state index contributed by atoms with van der Waals surface area (Å²) in [4.78, 5) is 35.3. The Balaban J connectivity index is 1.96. The van der Waals surface area contributed by atoms with E-state index in [4.69, 9.17) is 11.6 Å². The van der Waals surface area contributed by atoms with Crippen molar-refractivity contribution in [3.05, 3.63) is 64.7 Å². The van der Waals surface area contributed by atoms with Gasteiger partial charge in [-0.25, -0.2) is 0 Å². The van der Waals surface area contributed by atoms with E-state index < -0.39 is 0 Å². The third kappa shape index (κ3) is 4.76. The van der Waals surface area contributed by atoms with Crippen molar-refractivity contribution < 1.29 is 14.4 Å². The topological polar surface area (TPSA) is 63.2 Å². The highest BCUT2D eigenvalue weighted by atomic mass is 35.5. The Bertz CT molecular complexity index is 741. The molecule has 0 unspecified atom stereocenters. The summed E-state index contributed by atoms with van der Waals surface area (Å²) in [7, 11) is 0. The Morgan fingerprint density at radius 3 is 2.30 bits per heavy atom. The van der Waals surface area contributed by atoms with Crippen LogP contribution in [-0.2, 0) is 4.79 Å². The molecule has 1 N–H and O–H groups in total. The molecule has 0 aliphatic carbocycles. The zero-order valence-corrected chi connectivity index (χ0v) is 13.4. The predicted octanol–water partition coefficient (Wildman–Crippen LogP) is 4.14. The van der Waals surface area contributed by atoms with E-state index in [1.54, 1.807) is 36.4 Å². The van der Waals surface area contributed by atoms with E-state index in [0.29, 0.717) is 21.8 Å². The van der Waals surface area contributed by atoms with Crippen molar-refractivity contribution in [3.63, 3.8) is 0 Å². The molecule has 0 spiro atoms. The first-order valence-electron chi connectivity index (χ1n) is 7.16. The van der Waals surface area contributed by atoms with Gasteiger partial charge in [-0.3, -0.25) is 14.4 Å². The van der Waals surface area contributed by atoms with Crippen LogP contribution < -0.4 is 5.32 Å². The fourth-order valence-electron chi connectivity index (χ4n) is 2.05. The molecule has 0 atom stereocenters. The lowest BCUT2D eigenvalue weighted by molar-refractivity contribution is -0.116. The Morgan fingerprint density at radius 1 is 0.957 bits per heavy atom. The molecule has 118 valence electrons. The molecule has 0 fully saturated rings. The van der Waals surface area contributed by atoms with Crippen molar-refractivity contribution in [2.75, 3.05) is 5.32 Å². The number of hydrogen-bond acceptors (Lipinski definition) is 3. The number of hydrogen-bond donors (Lipinski definition) is 1. The Kier molecular flexibility index (Phi) is 5.66. The van der Waals surface area contributed by atoms with Gasteiger partial charge >= 0.3 is 0 Å². The molecule has 0 aliphatic rings. The number of rotatable bonds is 6. The van der Waals surface area contributed by atoms with E-state index in [1.165, 1.54) is 13.0 Å². The van der Waals surface area contributed by atoms with Crippen LogP contribution in [0.3, 0.4) is 0 Å². The van der Waals surface area contributed by atoms with Gasteiger partial charge < -0.3 is 5.32 Å². The normalized spacial score (nSPS) is 10.2. The maximum Gasteiger partial charge on any atom is 0.224 e. The third-order valence-corrected chi connectivity index (χ3v) is 3.65. The molecule has 0 saturated heterocycles. The van der Waals surface area contributed by atoms with Crippen molar-refractivity contribution in [3.8, 4) is 0 Å². The Morgan fingerprint density at radius 2 is 1.65 bits per heavy atom. The van der Waals surface area contributed by atoms with E-state index in [1.807, 2.05) is 6.07 Å². The zero-order chi connectivity index (χ0) is 16.8. The molecule has 2 rings (SSSR count). The minimum atomic E-state index is -0.322. The molecule has 1 amide bonds. The number of Topliss-reactive ketones (excluding diaryl/α,β-unsaturated/α-hetero) is 2. The zero-order valence-electron chi connectivity index (χ0n) is 12.6. The Hall–Kier alpha value is -2.46. The van der Waals surface area contributed by atoms with Gasteiger partial charge in [-0.2, -0.15) is 0 Å². The highest BCUT2D eigenvalue weighted by Gasteiger charge is 2.11. The molecule has 0 saturated carbocycles. The average Bonchev–Trinajstić information content (AvgIpc) is 2.55. The second-order valence-electron chi connectivity index (χ2n) is 5.09. The Labute approximate surface area is 139 Å². The van der Waals surface area contributed by atoms with Crippen molar-refractivity contribution in [1.29, 1.82) is 0 Å². The summed E-state index contributed by atoms with van der Waals surface area (Å²) in [5.74, 6) is -0.530. The lowest BCUT2D eigenvalue weighted by Crippen LogP contribution is -2.14. The minimum Gasteiger partial charge on any atom is -0.325 e. The van der Waals surface area contributed by atoms with Gasteiger partial charge in [0.1, 0.15) is 0 Å². The fraction of sp³-hybridized carbons (Fsp3) is 0.167. The molecule has 0 heterocycles. The van der Waals surface area contributed by atoms with Gasteiger partial charge in [0.05, 0.1) is 10.7 Å². The van der Waals surface area contributed by atoms with Gasteiger partial charge in [-0.1, -0.05) is 41.9 Å². The summed E-state index contributed by atoms with van der Waals surface area (Å²) in [6, 6.07) is 13.5. The van der Waals surface area contributed by atoms with Crippen LogP contribution >= 0.6 is 11.6 Å². The van der Waals surface area contributed by atoms with E-state index in [2.05, 4.69) is 5.32 Å². The summed E-state index contributed by atoms with van der Waals surface area (Å²) < 4.78 is 0. The fourth-order valence-corrected chi connectivity index (χ4v) is 2.21. The van der Waals surface area contributed by atoms with Crippen LogP contribution in [0.5, 0.6) is 0 Å². The molecule has 2 aromatic carbocycles. The first kappa shape index (κ1) is 16.9. The number of carbonyl (C=O) groups excluding carboxylic acids is 3. The average molecular weight is 330 g/mol. The highest BCUT2D eigenvalue weighted by molar-refractivity contribution is 6.33. The van der Waals surface area contributed by atoms with Crippen LogP contribution in [0.15, 0.2) is 48.5 Å². The SMILES string of the molecule is CC(=O)c1ccc(Cl)c(NC(=O)CCC(=O)c2ccccc2)c1. The first-order chi connectivity index (χ1) is 11.0. The molecule has 23 heavy (non-hydrogen) atoms. The van der Waals surface area contributed by atoms with Gasteiger partial charge in [-0.15, -0.1) is 0 Å². The monoisotopic (exact) mass is 329 g/mol. The number of amides is 1. The second-order valence-corrected chi connectivity index (χ2v) is 5.50. The van der Waals surface area contributed by atoms with E-state index >= 15 is 0 Å². The molecule has 0 aliphatic heterocycles. The van der Waals surface area contributed by atoms with Crippen molar-refractivity contribution in [1.82, 2.24) is 0 Å². The predicted molar refractivity (Wildman–Crippen MR) is 90.1 cm³/mol. The van der Waals surface area contributed by atoms with Crippen LogP contribution in [-0.4, -0.2) is 17.5 Å². The molecule has 0 aromatic heterocycles. The van der Waals surface area contributed by atoms with E-state index in [-0.39, 0.29) is 30.3 Å². The van der Waals surface area contributed by atoms with Gasteiger partial charge in [0.2, 0.25) is 5.91 Å². The molecular formula is C18H16ClNO3. The lowest BCUT2D eigenvalue weighted by atomic mass is 10.1. The first-order valence-corrected chi connectivity index (χ1v) is 7.54. The maximum atomic E-state index is 12.0. The summed E-state index contributed by atoms with van der Waals surface area (Å²) in [5, 5.41) is 2.98. The highest BCUT2D eigenvalue weighted by Crippen LogP contribution is 2.23. The maximum absolute atomic E-state index is 12.0. The van der Waals surface area contributed by atoms with Crippen LogP contribution in [0, 0.1) is 0 Å². The third-order valence-electron chi connectivity index (χ3n) is 3.32. The van der Waals surface area contributed by atoms with Crippen molar-refractivity contribution >= 4 is 34.8 Å². The van der Waals surface area contributed by atoms with Crippen LogP contribution in [0.2, 0.25) is 5.02 Å². The van der Waals surface area contributed by atoms with E-state index in [0.717, 1.165) is 0 Å². The lowest BCUT2D eigenvalue weighted by Gasteiger charge is -2.08. The number of anilines is 1. The quantitative estimate of drug-likeness (QED) is 0.810. The molecule has 0 radical (unpaired) electrons. The molecule has 0 bridgehead atoms. The van der Waals surface area contributed by atoms with Crippen LogP contribution in [0.25, 0.3) is 0 Å². The second kappa shape index (κ2) is 7.70. The number of benzene rings is 2. The molecular weight excluding hydrogens is 314 g/mol. The molecule has 4 nitrogen and oxygen atoms in total. The van der Waals surface area contributed by atoms with Crippen molar-refractivity contribution in [2.24, 2.45) is 0 Å². The number of halogens is 1.